The molecule has 1 spiro atoms. The van der Waals surface area contributed by atoms with Crippen LogP contribution in [0.2, 0.25) is 0 Å². The molecule has 2 fully saturated rings. The fourth-order valence-electron chi connectivity index (χ4n) is 3.21. The van der Waals surface area contributed by atoms with Crippen molar-refractivity contribution in [3.63, 3.8) is 0 Å². The Hall–Kier alpha value is -1.14. The molecule has 2 rings (SSSR count). The number of nitrogens with one attached hydrogen (secondary N) is 1. The zero-order chi connectivity index (χ0) is 14.9. The molecule has 1 unspecified atom stereocenters. The highest BCUT2D eigenvalue weighted by atomic mass is 16.3. The monoisotopic (exact) mass is 283 g/mol. The lowest BCUT2D eigenvalue weighted by Gasteiger charge is -2.51. The van der Waals surface area contributed by atoms with Crippen LogP contribution >= 0.6 is 0 Å². The van der Waals surface area contributed by atoms with Crippen molar-refractivity contribution in [3.05, 3.63) is 0 Å². The number of β-lactam (4-membered cyclic amide) rings is 1. The summed E-state index contributed by atoms with van der Waals surface area (Å²) in [6.45, 7) is 4.63. The Labute approximate surface area is 119 Å². The van der Waals surface area contributed by atoms with Gasteiger partial charge in [-0.15, -0.1) is 0 Å². The Morgan fingerprint density at radius 2 is 2.10 bits per heavy atom. The van der Waals surface area contributed by atoms with E-state index in [9.17, 15) is 14.7 Å². The maximum Gasteiger partial charge on any atom is 0.237 e. The zero-order valence-corrected chi connectivity index (χ0v) is 12.3. The molecule has 0 aromatic carbocycles. The third kappa shape index (κ3) is 2.96. The lowest BCUT2D eigenvalue weighted by Crippen LogP contribution is -2.64. The van der Waals surface area contributed by atoms with E-state index in [-0.39, 0.29) is 29.8 Å². The topological polar surface area (TPSA) is 95.7 Å². The number of amides is 2. The summed E-state index contributed by atoms with van der Waals surface area (Å²) in [5.41, 5.74) is 4.85. The number of nitrogens with two attached hydrogens (primary N) is 1. The van der Waals surface area contributed by atoms with Gasteiger partial charge in [0.05, 0.1) is 12.0 Å². The molecule has 1 saturated carbocycles. The van der Waals surface area contributed by atoms with Gasteiger partial charge in [-0.2, -0.15) is 0 Å². The molecule has 4 N–H and O–H groups in total. The Morgan fingerprint density at radius 1 is 1.50 bits per heavy atom. The van der Waals surface area contributed by atoms with Gasteiger partial charge in [0, 0.05) is 12.6 Å². The number of hydrogen-bond donors (Lipinski definition) is 3. The largest absolute Gasteiger partial charge is 0.378 e. The highest BCUT2D eigenvalue weighted by molar-refractivity contribution is 5.92. The molecule has 2 aliphatic rings. The van der Waals surface area contributed by atoms with E-state index in [2.05, 4.69) is 5.32 Å². The second-order valence-corrected chi connectivity index (χ2v) is 6.54. The van der Waals surface area contributed by atoms with E-state index in [1.807, 2.05) is 13.8 Å². The van der Waals surface area contributed by atoms with Gasteiger partial charge < -0.3 is 15.7 Å². The fraction of sp³-hybridized carbons (Fsp3) is 0.857. The van der Waals surface area contributed by atoms with E-state index >= 15 is 0 Å². The first-order valence-corrected chi connectivity index (χ1v) is 7.36. The Morgan fingerprint density at radius 3 is 2.55 bits per heavy atom. The summed E-state index contributed by atoms with van der Waals surface area (Å²) in [4.78, 5) is 24.5. The minimum atomic E-state index is -0.488. The summed E-state index contributed by atoms with van der Waals surface area (Å²) < 4.78 is 0. The molecule has 1 heterocycles. The highest BCUT2D eigenvalue weighted by Gasteiger charge is 2.53. The molecule has 1 saturated heterocycles. The van der Waals surface area contributed by atoms with E-state index in [0.29, 0.717) is 6.54 Å². The van der Waals surface area contributed by atoms with Gasteiger partial charge >= 0.3 is 0 Å². The molecule has 114 valence electrons. The van der Waals surface area contributed by atoms with Crippen LogP contribution < -0.4 is 11.1 Å². The summed E-state index contributed by atoms with van der Waals surface area (Å²) in [7, 11) is 0. The molecular formula is C14H25N3O3. The molecule has 0 aromatic heterocycles. The van der Waals surface area contributed by atoms with E-state index < -0.39 is 12.1 Å². The number of rotatable bonds is 5. The second kappa shape index (κ2) is 5.69. The summed E-state index contributed by atoms with van der Waals surface area (Å²) in [5, 5.41) is 13.1. The number of aliphatic hydroxyl groups is 1. The lowest BCUT2D eigenvalue weighted by atomic mass is 9.66. The summed E-state index contributed by atoms with van der Waals surface area (Å²) in [5.74, 6) is -0.204. The molecule has 0 aromatic rings. The van der Waals surface area contributed by atoms with Crippen molar-refractivity contribution in [1.82, 2.24) is 10.2 Å². The molecule has 1 aliphatic carbocycles. The average Bonchev–Trinajstić information content (AvgIpc) is 2.39. The Kier molecular flexibility index (Phi) is 4.34. The van der Waals surface area contributed by atoms with Crippen molar-refractivity contribution in [2.75, 3.05) is 13.1 Å². The Balaban J connectivity index is 1.80. The lowest BCUT2D eigenvalue weighted by molar-refractivity contribution is -0.166. The maximum absolute atomic E-state index is 12.2. The van der Waals surface area contributed by atoms with Crippen LogP contribution in [0.3, 0.4) is 0 Å². The first-order valence-electron chi connectivity index (χ1n) is 7.36. The van der Waals surface area contributed by atoms with Gasteiger partial charge in [0.15, 0.2) is 0 Å². The summed E-state index contributed by atoms with van der Waals surface area (Å²) in [6.07, 6.45) is 2.94. The number of carbonyl (C=O) groups is 2. The summed E-state index contributed by atoms with van der Waals surface area (Å²) >= 11 is 0. The number of likely N-dealkylation sites (tertiary alicyclic amines) is 1. The maximum atomic E-state index is 12.2. The Bertz CT molecular complexity index is 389. The van der Waals surface area contributed by atoms with Gasteiger partial charge in [0.2, 0.25) is 11.8 Å². The van der Waals surface area contributed by atoms with Crippen LogP contribution in [0.25, 0.3) is 0 Å². The van der Waals surface area contributed by atoms with Crippen molar-refractivity contribution in [3.8, 4) is 0 Å². The molecule has 6 nitrogen and oxygen atoms in total. The van der Waals surface area contributed by atoms with Crippen molar-refractivity contribution in [2.24, 2.45) is 17.1 Å². The SMILES string of the molecule is CC(C)C(O)NC1CCC2(CC1)CN(CC(N)=O)C2=O. The fourth-order valence-corrected chi connectivity index (χ4v) is 3.21. The molecular weight excluding hydrogens is 258 g/mol. The van der Waals surface area contributed by atoms with E-state index in [4.69, 9.17) is 5.73 Å². The van der Waals surface area contributed by atoms with Gasteiger partial charge in [-0.05, 0) is 31.6 Å². The number of carbonyl (C=O) groups excluding carboxylic acids is 2. The average molecular weight is 283 g/mol. The number of hydrogen-bond acceptors (Lipinski definition) is 4. The van der Waals surface area contributed by atoms with Crippen LogP contribution in [0.4, 0.5) is 0 Å². The smallest absolute Gasteiger partial charge is 0.237 e. The van der Waals surface area contributed by atoms with E-state index in [0.717, 1.165) is 25.7 Å². The first-order chi connectivity index (χ1) is 9.34. The van der Waals surface area contributed by atoms with Gasteiger partial charge in [0.1, 0.15) is 6.23 Å². The molecule has 1 atom stereocenters. The predicted octanol–water partition coefficient (Wildman–Crippen LogP) is -0.193. The van der Waals surface area contributed by atoms with Crippen LogP contribution in [0.15, 0.2) is 0 Å². The first kappa shape index (κ1) is 15.3. The molecule has 1 aliphatic heterocycles. The van der Waals surface area contributed by atoms with Crippen molar-refractivity contribution >= 4 is 11.8 Å². The predicted molar refractivity (Wildman–Crippen MR) is 74.4 cm³/mol. The number of primary amides is 1. The van der Waals surface area contributed by atoms with E-state index in [1.165, 1.54) is 0 Å². The zero-order valence-electron chi connectivity index (χ0n) is 12.3. The number of nitrogens with zero attached hydrogens (tertiary/aromatic N) is 1. The molecule has 6 heteroatoms. The van der Waals surface area contributed by atoms with Crippen molar-refractivity contribution < 1.29 is 14.7 Å². The molecule has 0 radical (unpaired) electrons. The quantitative estimate of drug-likeness (QED) is 0.481. The molecule has 20 heavy (non-hydrogen) atoms. The standard InChI is InChI=1S/C14H25N3O3/c1-9(2)12(19)16-10-3-5-14(6-4-10)8-17(13(14)20)7-11(15)18/h9-10,12,16,19H,3-8H2,1-2H3,(H2,15,18). The molecule has 2 amide bonds. The van der Waals surface area contributed by atoms with Gasteiger partial charge in [-0.1, -0.05) is 13.8 Å². The van der Waals surface area contributed by atoms with Crippen molar-refractivity contribution in [2.45, 2.75) is 51.8 Å². The molecule has 0 bridgehead atoms. The van der Waals surface area contributed by atoms with Gasteiger partial charge in [0.25, 0.3) is 0 Å². The van der Waals surface area contributed by atoms with Crippen LogP contribution in [0.1, 0.15) is 39.5 Å². The number of aliphatic hydroxyl groups excluding tert-OH is 1. The van der Waals surface area contributed by atoms with Crippen LogP contribution in [0.5, 0.6) is 0 Å². The van der Waals surface area contributed by atoms with Crippen LogP contribution in [0, 0.1) is 11.3 Å². The van der Waals surface area contributed by atoms with Crippen molar-refractivity contribution in [1.29, 1.82) is 0 Å². The third-order valence-electron chi connectivity index (χ3n) is 4.56. The third-order valence-corrected chi connectivity index (χ3v) is 4.56. The summed E-state index contributed by atoms with van der Waals surface area (Å²) in [6, 6.07) is 0.274. The normalized spacial score (nSPS) is 31.5. The van der Waals surface area contributed by atoms with Gasteiger partial charge in [-0.3, -0.25) is 14.9 Å². The minimum absolute atomic E-state index is 0.0360. The minimum Gasteiger partial charge on any atom is -0.378 e. The van der Waals surface area contributed by atoms with Crippen LogP contribution in [-0.4, -0.2) is 47.2 Å². The van der Waals surface area contributed by atoms with E-state index in [1.54, 1.807) is 4.90 Å². The second-order valence-electron chi connectivity index (χ2n) is 6.54. The van der Waals surface area contributed by atoms with Gasteiger partial charge in [-0.25, -0.2) is 0 Å². The van der Waals surface area contributed by atoms with Crippen LogP contribution in [-0.2, 0) is 9.59 Å². The highest BCUT2D eigenvalue weighted by Crippen LogP contribution is 2.44.